The van der Waals surface area contributed by atoms with Crippen molar-refractivity contribution in [1.29, 1.82) is 0 Å². The molecule has 24 heavy (non-hydrogen) atoms. The minimum atomic E-state index is -0.732. The Kier molecular flexibility index (Phi) is 5.15. The summed E-state index contributed by atoms with van der Waals surface area (Å²) in [5.74, 6) is 0.178. The number of hydrogen-bond acceptors (Lipinski definition) is 3. The van der Waals surface area contributed by atoms with Crippen molar-refractivity contribution in [3.63, 3.8) is 0 Å². The Hall–Kier alpha value is -2.34. The average Bonchev–Trinajstić information content (AvgIpc) is 3.25. The molecule has 2 N–H and O–H groups in total. The quantitative estimate of drug-likeness (QED) is 0.883. The summed E-state index contributed by atoms with van der Waals surface area (Å²) in [6, 6.07) is 9.56. The largest absolute Gasteiger partial charge is 0.467 e. The minimum absolute atomic E-state index is 0.0503. The summed E-state index contributed by atoms with van der Waals surface area (Å²) in [4.78, 5) is 14.1. The smallest absolute Gasteiger partial charge is 0.317 e. The van der Waals surface area contributed by atoms with Crippen molar-refractivity contribution in [3.05, 3.63) is 59.8 Å². The van der Waals surface area contributed by atoms with E-state index in [2.05, 4.69) is 5.32 Å². The molecule has 2 unspecified atom stereocenters. The monoisotopic (exact) mass is 332 g/mol. The van der Waals surface area contributed by atoms with Gasteiger partial charge in [0.1, 0.15) is 17.7 Å². The first-order chi connectivity index (χ1) is 11.6. The van der Waals surface area contributed by atoms with Gasteiger partial charge >= 0.3 is 6.03 Å². The van der Waals surface area contributed by atoms with E-state index in [1.807, 2.05) is 0 Å². The molecule has 2 heterocycles. The molecule has 0 aliphatic carbocycles. The second kappa shape index (κ2) is 7.49. The van der Waals surface area contributed by atoms with Gasteiger partial charge in [-0.1, -0.05) is 18.2 Å². The Bertz CT molecular complexity index is 675. The maximum absolute atomic E-state index is 13.6. The van der Waals surface area contributed by atoms with Crippen molar-refractivity contribution in [2.45, 2.75) is 38.0 Å². The van der Waals surface area contributed by atoms with E-state index in [1.165, 1.54) is 12.3 Å². The molecule has 2 amide bonds. The molecule has 0 bridgehead atoms. The molecule has 5 nitrogen and oxygen atoms in total. The fraction of sp³-hybridized carbons (Fsp3) is 0.389. The minimum Gasteiger partial charge on any atom is -0.467 e. The zero-order valence-electron chi connectivity index (χ0n) is 13.3. The standard InChI is InChI=1S/C18H21FN2O3/c19-15-7-2-1-5-13(15)12-20-18(23)21-9-3-6-14(21)11-16(22)17-8-4-10-24-17/h1-2,4-5,7-8,10,14,16,22H,3,6,9,11-12H2,(H,20,23). The van der Waals surface area contributed by atoms with Crippen LogP contribution >= 0.6 is 0 Å². The van der Waals surface area contributed by atoms with E-state index in [4.69, 9.17) is 4.42 Å². The van der Waals surface area contributed by atoms with Crippen molar-refractivity contribution >= 4 is 6.03 Å². The zero-order chi connectivity index (χ0) is 16.9. The first-order valence-electron chi connectivity index (χ1n) is 8.14. The summed E-state index contributed by atoms with van der Waals surface area (Å²) >= 11 is 0. The Morgan fingerprint density at radius 2 is 2.21 bits per heavy atom. The summed E-state index contributed by atoms with van der Waals surface area (Å²) in [7, 11) is 0. The second-order valence-corrected chi connectivity index (χ2v) is 6.01. The highest BCUT2D eigenvalue weighted by Crippen LogP contribution is 2.27. The molecule has 2 atom stereocenters. The summed E-state index contributed by atoms with van der Waals surface area (Å²) in [6.45, 7) is 0.786. The van der Waals surface area contributed by atoms with Gasteiger partial charge in [-0.3, -0.25) is 0 Å². The third kappa shape index (κ3) is 3.76. The van der Waals surface area contributed by atoms with Crippen molar-refractivity contribution in [3.8, 4) is 0 Å². The molecule has 2 aromatic rings. The van der Waals surface area contributed by atoms with Crippen molar-refractivity contribution < 1.29 is 18.7 Å². The number of rotatable bonds is 5. The molecule has 128 valence electrons. The lowest BCUT2D eigenvalue weighted by molar-refractivity contribution is 0.108. The summed E-state index contributed by atoms with van der Waals surface area (Å²) in [5, 5.41) is 13.0. The number of aliphatic hydroxyl groups excluding tert-OH is 1. The highest BCUT2D eigenvalue weighted by molar-refractivity contribution is 5.74. The molecule has 1 aliphatic rings. The van der Waals surface area contributed by atoms with E-state index in [1.54, 1.807) is 35.2 Å². The predicted molar refractivity (Wildman–Crippen MR) is 86.6 cm³/mol. The van der Waals surface area contributed by atoms with Crippen molar-refractivity contribution in [2.75, 3.05) is 6.54 Å². The number of furan rings is 1. The third-order valence-corrected chi connectivity index (χ3v) is 4.39. The summed E-state index contributed by atoms with van der Waals surface area (Å²) in [6.07, 6.45) is 2.95. The second-order valence-electron chi connectivity index (χ2n) is 6.01. The normalized spacial score (nSPS) is 18.6. The maximum atomic E-state index is 13.6. The fourth-order valence-electron chi connectivity index (χ4n) is 3.12. The van der Waals surface area contributed by atoms with Gasteiger partial charge in [0.15, 0.2) is 0 Å². The highest BCUT2D eigenvalue weighted by Gasteiger charge is 2.31. The average molecular weight is 332 g/mol. The number of benzene rings is 1. The van der Waals surface area contributed by atoms with Crippen LogP contribution < -0.4 is 5.32 Å². The number of hydrogen-bond donors (Lipinski definition) is 2. The molecular weight excluding hydrogens is 311 g/mol. The molecular formula is C18H21FN2O3. The van der Waals surface area contributed by atoms with Gasteiger partial charge in [-0.25, -0.2) is 9.18 Å². The number of nitrogens with one attached hydrogen (secondary N) is 1. The van der Waals surface area contributed by atoms with Crippen LogP contribution in [0.3, 0.4) is 0 Å². The van der Waals surface area contributed by atoms with E-state index in [-0.39, 0.29) is 24.4 Å². The molecule has 3 rings (SSSR count). The lowest BCUT2D eigenvalue weighted by Crippen LogP contribution is -2.43. The maximum Gasteiger partial charge on any atom is 0.317 e. The van der Waals surface area contributed by atoms with Crippen LogP contribution in [0.5, 0.6) is 0 Å². The third-order valence-electron chi connectivity index (χ3n) is 4.39. The Morgan fingerprint density at radius 1 is 1.38 bits per heavy atom. The molecule has 0 saturated carbocycles. The van der Waals surface area contributed by atoms with Gasteiger partial charge in [-0.2, -0.15) is 0 Å². The molecule has 1 fully saturated rings. The number of halogens is 1. The number of likely N-dealkylation sites (tertiary alicyclic amines) is 1. The van der Waals surface area contributed by atoms with Gasteiger partial charge in [0.2, 0.25) is 0 Å². The molecule has 1 aromatic heterocycles. The van der Waals surface area contributed by atoms with E-state index in [9.17, 15) is 14.3 Å². The lowest BCUT2D eigenvalue weighted by atomic mass is 10.1. The topological polar surface area (TPSA) is 65.7 Å². The van der Waals surface area contributed by atoms with Gasteiger partial charge in [0, 0.05) is 31.1 Å². The van der Waals surface area contributed by atoms with E-state index >= 15 is 0 Å². The molecule has 1 saturated heterocycles. The SMILES string of the molecule is O=C(NCc1ccccc1F)N1CCCC1CC(O)c1ccco1. The van der Waals surface area contributed by atoms with E-state index in [0.717, 1.165) is 12.8 Å². The fourth-order valence-corrected chi connectivity index (χ4v) is 3.12. The molecule has 1 aromatic carbocycles. The van der Waals surface area contributed by atoms with Crippen LogP contribution in [-0.4, -0.2) is 28.6 Å². The van der Waals surface area contributed by atoms with Crippen LogP contribution in [0.1, 0.15) is 36.7 Å². The van der Waals surface area contributed by atoms with Gasteiger partial charge < -0.3 is 19.7 Å². The zero-order valence-corrected chi connectivity index (χ0v) is 13.3. The van der Waals surface area contributed by atoms with E-state index < -0.39 is 6.10 Å². The number of carbonyl (C=O) groups is 1. The number of urea groups is 1. The summed E-state index contributed by atoms with van der Waals surface area (Å²) < 4.78 is 18.8. The number of nitrogens with zero attached hydrogens (tertiary/aromatic N) is 1. The highest BCUT2D eigenvalue weighted by atomic mass is 19.1. The summed E-state index contributed by atoms with van der Waals surface area (Å²) in [5.41, 5.74) is 0.456. The van der Waals surface area contributed by atoms with Crippen LogP contribution in [0, 0.1) is 5.82 Å². The van der Waals surface area contributed by atoms with Crippen LogP contribution in [-0.2, 0) is 6.54 Å². The first-order valence-corrected chi connectivity index (χ1v) is 8.14. The number of aliphatic hydroxyl groups is 1. The first kappa shape index (κ1) is 16.5. The Labute approximate surface area is 140 Å². The molecule has 0 radical (unpaired) electrons. The van der Waals surface area contributed by atoms with Gasteiger partial charge in [-0.15, -0.1) is 0 Å². The lowest BCUT2D eigenvalue weighted by Gasteiger charge is -2.26. The molecule has 6 heteroatoms. The van der Waals surface area contributed by atoms with Gasteiger partial charge in [0.05, 0.1) is 6.26 Å². The molecule has 1 aliphatic heterocycles. The van der Waals surface area contributed by atoms with Gasteiger partial charge in [-0.05, 0) is 31.0 Å². The Morgan fingerprint density at radius 3 is 2.96 bits per heavy atom. The van der Waals surface area contributed by atoms with E-state index in [0.29, 0.717) is 24.3 Å². The number of amides is 2. The Balaban J connectivity index is 1.56. The van der Waals surface area contributed by atoms with Crippen molar-refractivity contribution in [1.82, 2.24) is 10.2 Å². The van der Waals surface area contributed by atoms with Crippen LogP contribution in [0.2, 0.25) is 0 Å². The van der Waals surface area contributed by atoms with Crippen molar-refractivity contribution in [2.24, 2.45) is 0 Å². The van der Waals surface area contributed by atoms with Crippen LogP contribution in [0.25, 0.3) is 0 Å². The molecule has 0 spiro atoms. The predicted octanol–water partition coefficient (Wildman–Crippen LogP) is 3.22. The van der Waals surface area contributed by atoms with Gasteiger partial charge in [0.25, 0.3) is 0 Å². The van der Waals surface area contributed by atoms with Crippen LogP contribution in [0.4, 0.5) is 9.18 Å². The van der Waals surface area contributed by atoms with Crippen LogP contribution in [0.15, 0.2) is 47.1 Å². The number of carbonyl (C=O) groups excluding carboxylic acids is 1.